The zero-order valence-corrected chi connectivity index (χ0v) is 26.1. The van der Waals surface area contributed by atoms with Crippen molar-refractivity contribution in [3.8, 4) is 0 Å². The minimum absolute atomic E-state index is 0.0118. The summed E-state index contributed by atoms with van der Waals surface area (Å²) >= 11 is 0. The van der Waals surface area contributed by atoms with E-state index in [-0.39, 0.29) is 41.9 Å². The van der Waals surface area contributed by atoms with Crippen molar-refractivity contribution >= 4 is 11.9 Å². The first-order chi connectivity index (χ1) is 19.3. The predicted molar refractivity (Wildman–Crippen MR) is 164 cm³/mol. The molecule has 0 bridgehead atoms. The van der Waals surface area contributed by atoms with Crippen LogP contribution in [0.2, 0.25) is 0 Å². The first-order valence-electron chi connectivity index (χ1n) is 15.0. The molecular weight excluding hydrogens is 520 g/mol. The summed E-state index contributed by atoms with van der Waals surface area (Å²) in [4.78, 5) is 24.5. The summed E-state index contributed by atoms with van der Waals surface area (Å²) in [6.45, 7) is 16.8. The average molecular weight is 575 g/mol. The first-order valence-corrected chi connectivity index (χ1v) is 15.0. The minimum atomic E-state index is -0.861. The molecule has 232 valence electrons. The van der Waals surface area contributed by atoms with Crippen LogP contribution in [0.5, 0.6) is 0 Å². The topological polar surface area (TPSA) is 113 Å². The second-order valence-corrected chi connectivity index (χ2v) is 12.0. The number of hydrogen-bond acceptors (Lipinski definition) is 7. The van der Waals surface area contributed by atoms with E-state index in [2.05, 4.69) is 13.5 Å². The number of carbonyl (C=O) groups excluding carboxylic acids is 2. The Morgan fingerprint density at radius 3 is 2.34 bits per heavy atom. The molecule has 1 aliphatic rings. The van der Waals surface area contributed by atoms with Crippen LogP contribution in [-0.4, -0.2) is 57.8 Å². The molecule has 0 aromatic rings. The zero-order valence-electron chi connectivity index (χ0n) is 26.1. The van der Waals surface area contributed by atoms with Crippen LogP contribution in [0.25, 0.3) is 0 Å². The molecule has 0 spiro atoms. The smallest absolute Gasteiger partial charge is 0.331 e. The molecule has 1 rings (SSSR count). The summed E-state index contributed by atoms with van der Waals surface area (Å²) in [7, 11) is 0. The summed E-state index contributed by atoms with van der Waals surface area (Å²) in [5.41, 5.74) is 0. The number of hydrogen-bond donors (Lipinski definition) is 3. The van der Waals surface area contributed by atoms with Gasteiger partial charge in [0.05, 0.1) is 18.3 Å². The van der Waals surface area contributed by atoms with Crippen LogP contribution in [0, 0.1) is 35.5 Å². The molecule has 11 atom stereocenters. The van der Waals surface area contributed by atoms with Crippen molar-refractivity contribution in [2.24, 2.45) is 35.5 Å². The Balaban J connectivity index is 3.29. The van der Waals surface area contributed by atoms with Crippen molar-refractivity contribution in [1.82, 2.24) is 0 Å². The molecule has 0 saturated carbocycles. The number of esters is 2. The molecule has 0 unspecified atom stereocenters. The van der Waals surface area contributed by atoms with Gasteiger partial charge >= 0.3 is 11.9 Å². The molecule has 3 N–H and O–H groups in total. The standard InChI is InChI=1S/C34H54O7/c1-9-10-13-25(5)34-27(7)30(37)19-16-22(2)20-26(6)33(39)24(4)17-18-29(36)21-31(40-28(8)35)23(3)14-11-12-15-32(38)41-34/h9-15,17-18,22-27,29-31,33-34,36-37,39H,1,16,19-21H2,2-8H3/b13-10-,14-11+,15-12-,18-17-/t22-,23+,24-,25-,26-,27-,29+,30+,31-,33-,34-/m0/s1. The van der Waals surface area contributed by atoms with Gasteiger partial charge in [0, 0.05) is 43.1 Å². The number of ether oxygens (including phenoxy) is 2. The summed E-state index contributed by atoms with van der Waals surface area (Å²) in [5.74, 6) is -1.55. The van der Waals surface area contributed by atoms with Crippen molar-refractivity contribution in [1.29, 1.82) is 0 Å². The van der Waals surface area contributed by atoms with Gasteiger partial charge in [0.2, 0.25) is 0 Å². The number of aliphatic hydroxyl groups is 3. The maximum atomic E-state index is 12.7. The van der Waals surface area contributed by atoms with E-state index in [9.17, 15) is 24.9 Å². The Morgan fingerprint density at radius 2 is 1.71 bits per heavy atom. The van der Waals surface area contributed by atoms with Gasteiger partial charge in [0.15, 0.2) is 0 Å². The molecule has 0 aromatic heterocycles. The molecule has 1 aliphatic heterocycles. The van der Waals surface area contributed by atoms with Gasteiger partial charge in [-0.05, 0) is 31.1 Å². The van der Waals surface area contributed by atoms with Crippen LogP contribution in [-0.2, 0) is 19.1 Å². The highest BCUT2D eigenvalue weighted by molar-refractivity contribution is 5.82. The number of cyclic esters (lactones) is 1. The lowest BCUT2D eigenvalue weighted by molar-refractivity contribution is -0.150. The van der Waals surface area contributed by atoms with Gasteiger partial charge in [-0.1, -0.05) is 96.7 Å². The lowest BCUT2D eigenvalue weighted by Crippen LogP contribution is -2.37. The fourth-order valence-electron chi connectivity index (χ4n) is 5.39. The van der Waals surface area contributed by atoms with Gasteiger partial charge in [-0.2, -0.15) is 0 Å². The highest BCUT2D eigenvalue weighted by Gasteiger charge is 2.31. The number of carbonyl (C=O) groups is 2. The molecule has 1 heterocycles. The Hall–Kier alpha value is -2.48. The molecule has 0 radical (unpaired) electrons. The maximum absolute atomic E-state index is 12.7. The van der Waals surface area contributed by atoms with E-state index in [1.165, 1.54) is 13.0 Å². The van der Waals surface area contributed by atoms with Gasteiger partial charge in [-0.3, -0.25) is 4.79 Å². The fourth-order valence-corrected chi connectivity index (χ4v) is 5.39. The SMILES string of the molecule is C=C/C=C\[C@H](C)[C@@H]1OC(=O)/C=C\C=C\[C@@H](C)[C@@H](OC(C)=O)C[C@H](O)/C=C\[C@H](C)[C@H](O)[C@@H](C)C[C@@H](C)CC[C@@H](O)[C@@H]1C. The molecular formula is C34H54O7. The molecule has 0 amide bonds. The van der Waals surface area contributed by atoms with Gasteiger partial charge < -0.3 is 24.8 Å². The predicted octanol–water partition coefficient (Wildman–Crippen LogP) is 5.71. The molecule has 41 heavy (non-hydrogen) atoms. The van der Waals surface area contributed by atoms with E-state index < -0.39 is 42.5 Å². The lowest BCUT2D eigenvalue weighted by Gasteiger charge is -2.31. The summed E-state index contributed by atoms with van der Waals surface area (Å²) in [5, 5.41) is 32.7. The van der Waals surface area contributed by atoms with Crippen molar-refractivity contribution in [3.63, 3.8) is 0 Å². The molecule has 0 saturated heterocycles. The maximum Gasteiger partial charge on any atom is 0.331 e. The zero-order chi connectivity index (χ0) is 31.1. The van der Waals surface area contributed by atoms with Gasteiger partial charge in [0.1, 0.15) is 12.2 Å². The van der Waals surface area contributed by atoms with Crippen molar-refractivity contribution < 1.29 is 34.4 Å². The van der Waals surface area contributed by atoms with Crippen LogP contribution < -0.4 is 0 Å². The average Bonchev–Trinajstić information content (AvgIpc) is 2.92. The third-order valence-corrected chi connectivity index (χ3v) is 8.07. The van der Waals surface area contributed by atoms with Crippen molar-refractivity contribution in [2.45, 2.75) is 105 Å². The molecule has 0 aromatic carbocycles. The van der Waals surface area contributed by atoms with Gasteiger partial charge in [-0.15, -0.1) is 0 Å². The second-order valence-electron chi connectivity index (χ2n) is 12.0. The van der Waals surface area contributed by atoms with Crippen molar-refractivity contribution in [3.05, 3.63) is 61.3 Å². The minimum Gasteiger partial charge on any atom is -0.462 e. The Bertz CT molecular complexity index is 920. The van der Waals surface area contributed by atoms with Crippen molar-refractivity contribution in [2.75, 3.05) is 0 Å². The summed E-state index contributed by atoms with van der Waals surface area (Å²) in [6.07, 6.45) is 14.3. The van der Waals surface area contributed by atoms with E-state index in [0.29, 0.717) is 6.42 Å². The molecule has 7 nitrogen and oxygen atoms in total. The normalized spacial score (nSPS) is 38.4. The van der Waals surface area contributed by atoms with Gasteiger partial charge in [0.25, 0.3) is 0 Å². The third kappa shape index (κ3) is 13.8. The molecule has 0 fully saturated rings. The third-order valence-electron chi connectivity index (χ3n) is 8.07. The van der Waals surface area contributed by atoms with Gasteiger partial charge in [-0.25, -0.2) is 4.79 Å². The highest BCUT2D eigenvalue weighted by atomic mass is 16.5. The second kappa shape index (κ2) is 18.9. The monoisotopic (exact) mass is 574 g/mol. The fraction of sp³-hybridized carbons (Fsp3) is 0.647. The van der Waals surface area contributed by atoms with Crippen LogP contribution in [0.1, 0.15) is 74.1 Å². The van der Waals surface area contributed by atoms with Crippen LogP contribution in [0.15, 0.2) is 61.3 Å². The Kier molecular flexibility index (Phi) is 16.8. The number of aliphatic hydroxyl groups excluding tert-OH is 3. The van der Waals surface area contributed by atoms with E-state index in [1.54, 1.807) is 36.5 Å². The van der Waals surface area contributed by atoms with Crippen LogP contribution >= 0.6 is 0 Å². The highest BCUT2D eigenvalue weighted by Crippen LogP contribution is 2.28. The Morgan fingerprint density at radius 1 is 1.02 bits per heavy atom. The van der Waals surface area contributed by atoms with Crippen LogP contribution in [0.4, 0.5) is 0 Å². The van der Waals surface area contributed by atoms with E-state index in [1.807, 2.05) is 46.8 Å². The Labute approximate surface area is 247 Å². The number of rotatable bonds is 4. The largest absolute Gasteiger partial charge is 0.462 e. The summed E-state index contributed by atoms with van der Waals surface area (Å²) in [6, 6.07) is 0. The van der Waals surface area contributed by atoms with E-state index in [0.717, 1.165) is 12.8 Å². The number of allylic oxidation sites excluding steroid dienone is 4. The summed E-state index contributed by atoms with van der Waals surface area (Å²) < 4.78 is 11.3. The first kappa shape index (κ1) is 36.5. The van der Waals surface area contributed by atoms with Crippen LogP contribution in [0.3, 0.4) is 0 Å². The van der Waals surface area contributed by atoms with E-state index in [4.69, 9.17) is 9.47 Å². The van der Waals surface area contributed by atoms with E-state index >= 15 is 0 Å². The molecule has 7 heteroatoms. The quantitative estimate of drug-likeness (QED) is 0.224. The molecule has 0 aliphatic carbocycles. The lowest BCUT2D eigenvalue weighted by atomic mass is 9.82.